The highest BCUT2D eigenvalue weighted by molar-refractivity contribution is 5.78. The maximum absolute atomic E-state index is 11.9. The second kappa shape index (κ2) is 6.18. The number of likely N-dealkylation sites (tertiary alicyclic amines) is 1. The molecule has 5 heteroatoms. The maximum Gasteiger partial charge on any atom is 0.234 e. The van der Waals surface area contributed by atoms with Crippen molar-refractivity contribution in [2.24, 2.45) is 0 Å². The van der Waals surface area contributed by atoms with Gasteiger partial charge >= 0.3 is 0 Å². The molecule has 2 heterocycles. The third kappa shape index (κ3) is 3.03. The van der Waals surface area contributed by atoms with Crippen molar-refractivity contribution in [3.8, 4) is 11.5 Å². The lowest BCUT2D eigenvalue weighted by Crippen LogP contribution is -2.36. The molecule has 0 aromatic heterocycles. The van der Waals surface area contributed by atoms with Gasteiger partial charge in [-0.15, -0.1) is 6.58 Å². The Hall–Kier alpha value is -2.01. The van der Waals surface area contributed by atoms with Gasteiger partial charge in [0.15, 0.2) is 11.5 Å². The Morgan fingerprint density at radius 1 is 1.43 bits per heavy atom. The molecular formula is C16H20N2O3. The monoisotopic (exact) mass is 288 g/mol. The molecule has 0 bridgehead atoms. The van der Waals surface area contributed by atoms with Crippen molar-refractivity contribution in [3.05, 3.63) is 36.4 Å². The molecule has 0 saturated carbocycles. The minimum Gasteiger partial charge on any atom is -0.454 e. The topological polar surface area (TPSA) is 50.8 Å². The van der Waals surface area contributed by atoms with Crippen molar-refractivity contribution in [2.45, 2.75) is 18.9 Å². The summed E-state index contributed by atoms with van der Waals surface area (Å²) in [5.74, 6) is 1.64. The number of benzene rings is 1. The molecular weight excluding hydrogens is 268 g/mol. The van der Waals surface area contributed by atoms with Crippen molar-refractivity contribution in [1.82, 2.24) is 10.2 Å². The van der Waals surface area contributed by atoms with Gasteiger partial charge < -0.3 is 14.8 Å². The first-order valence-electron chi connectivity index (χ1n) is 7.29. The number of hydrogen-bond acceptors (Lipinski definition) is 4. The van der Waals surface area contributed by atoms with E-state index in [9.17, 15) is 4.79 Å². The zero-order chi connectivity index (χ0) is 14.7. The molecule has 1 amide bonds. The minimum absolute atomic E-state index is 0.0440. The highest BCUT2D eigenvalue weighted by atomic mass is 16.7. The van der Waals surface area contributed by atoms with Gasteiger partial charge in [-0.25, -0.2) is 0 Å². The Morgan fingerprint density at radius 3 is 3.14 bits per heavy atom. The Labute approximate surface area is 124 Å². The Bertz CT molecular complexity index is 544. The standard InChI is InChI=1S/C16H20N2O3/c1-2-7-17-16(19)10-18-8-3-4-13(18)12-5-6-14-15(9-12)21-11-20-14/h2,5-6,9,13H,1,3-4,7-8,10-11H2,(H,17,19). The van der Waals surface area contributed by atoms with E-state index in [0.717, 1.165) is 30.9 Å². The smallest absolute Gasteiger partial charge is 0.234 e. The number of rotatable bonds is 5. The number of ether oxygens (including phenoxy) is 2. The van der Waals surface area contributed by atoms with Crippen LogP contribution < -0.4 is 14.8 Å². The van der Waals surface area contributed by atoms with Gasteiger partial charge in [0, 0.05) is 12.6 Å². The molecule has 0 aliphatic carbocycles. The Kier molecular flexibility index (Phi) is 4.10. The van der Waals surface area contributed by atoms with Crippen LogP contribution >= 0.6 is 0 Å². The number of carbonyl (C=O) groups is 1. The van der Waals surface area contributed by atoms with Crippen molar-refractivity contribution >= 4 is 5.91 Å². The maximum atomic E-state index is 11.9. The third-order valence-corrected chi connectivity index (χ3v) is 3.94. The summed E-state index contributed by atoms with van der Waals surface area (Å²) in [6.07, 6.45) is 3.86. The van der Waals surface area contributed by atoms with Gasteiger partial charge in [-0.2, -0.15) is 0 Å². The predicted octanol–water partition coefficient (Wildman–Crippen LogP) is 1.85. The van der Waals surface area contributed by atoms with Crippen LogP contribution in [-0.4, -0.2) is 37.2 Å². The molecule has 21 heavy (non-hydrogen) atoms. The van der Waals surface area contributed by atoms with Gasteiger partial charge in [-0.05, 0) is 37.1 Å². The molecule has 1 aromatic carbocycles. The number of amides is 1. The lowest BCUT2D eigenvalue weighted by molar-refractivity contribution is -0.122. The molecule has 1 saturated heterocycles. The highest BCUT2D eigenvalue weighted by Crippen LogP contribution is 2.38. The molecule has 5 nitrogen and oxygen atoms in total. The average molecular weight is 288 g/mol. The summed E-state index contributed by atoms with van der Waals surface area (Å²) in [5, 5.41) is 2.83. The van der Waals surface area contributed by atoms with E-state index in [1.807, 2.05) is 12.1 Å². The largest absolute Gasteiger partial charge is 0.454 e. The van der Waals surface area contributed by atoms with Crippen molar-refractivity contribution < 1.29 is 14.3 Å². The summed E-state index contributed by atoms with van der Waals surface area (Å²) in [5.41, 5.74) is 1.19. The Morgan fingerprint density at radius 2 is 2.29 bits per heavy atom. The molecule has 2 aliphatic rings. The second-order valence-electron chi connectivity index (χ2n) is 5.33. The summed E-state index contributed by atoms with van der Waals surface area (Å²) in [6, 6.07) is 6.32. The molecule has 0 radical (unpaired) electrons. The van der Waals surface area contributed by atoms with Gasteiger partial charge in [0.05, 0.1) is 6.54 Å². The van der Waals surface area contributed by atoms with Crippen LogP contribution in [0.4, 0.5) is 0 Å². The van der Waals surface area contributed by atoms with Crippen LogP contribution in [0.3, 0.4) is 0 Å². The molecule has 1 fully saturated rings. The van der Waals surface area contributed by atoms with E-state index in [4.69, 9.17) is 9.47 Å². The van der Waals surface area contributed by atoms with Crippen LogP contribution in [-0.2, 0) is 4.79 Å². The molecule has 1 aromatic rings. The SMILES string of the molecule is C=CCNC(=O)CN1CCCC1c1ccc2c(c1)OCO2. The van der Waals surface area contributed by atoms with Gasteiger partial charge in [0.2, 0.25) is 12.7 Å². The van der Waals surface area contributed by atoms with Gasteiger partial charge in [-0.3, -0.25) is 9.69 Å². The first kappa shape index (κ1) is 13.9. The van der Waals surface area contributed by atoms with Gasteiger partial charge in [0.1, 0.15) is 0 Å². The summed E-state index contributed by atoms with van der Waals surface area (Å²) in [7, 11) is 0. The number of fused-ring (bicyclic) bond motifs is 1. The lowest BCUT2D eigenvalue weighted by atomic mass is 10.0. The summed E-state index contributed by atoms with van der Waals surface area (Å²) >= 11 is 0. The van der Waals surface area contributed by atoms with E-state index < -0.39 is 0 Å². The van der Waals surface area contributed by atoms with E-state index in [-0.39, 0.29) is 18.7 Å². The van der Waals surface area contributed by atoms with Gasteiger partial charge in [-0.1, -0.05) is 12.1 Å². The zero-order valence-electron chi connectivity index (χ0n) is 12.0. The van der Waals surface area contributed by atoms with Crippen molar-refractivity contribution in [2.75, 3.05) is 26.4 Å². The first-order valence-corrected chi connectivity index (χ1v) is 7.29. The van der Waals surface area contributed by atoms with Crippen molar-refractivity contribution in [3.63, 3.8) is 0 Å². The molecule has 1 atom stereocenters. The van der Waals surface area contributed by atoms with E-state index in [0.29, 0.717) is 13.1 Å². The van der Waals surface area contributed by atoms with Crippen molar-refractivity contribution in [1.29, 1.82) is 0 Å². The quantitative estimate of drug-likeness (QED) is 0.840. The fourth-order valence-electron chi connectivity index (χ4n) is 2.94. The highest BCUT2D eigenvalue weighted by Gasteiger charge is 2.28. The summed E-state index contributed by atoms with van der Waals surface area (Å²) < 4.78 is 10.8. The molecule has 0 spiro atoms. The molecule has 112 valence electrons. The first-order chi connectivity index (χ1) is 10.3. The Balaban J connectivity index is 1.69. The number of carbonyl (C=O) groups excluding carboxylic acids is 1. The fraction of sp³-hybridized carbons (Fsp3) is 0.438. The fourth-order valence-corrected chi connectivity index (χ4v) is 2.94. The van der Waals surface area contributed by atoms with Gasteiger partial charge in [0.25, 0.3) is 0 Å². The van der Waals surface area contributed by atoms with E-state index in [1.165, 1.54) is 5.56 Å². The molecule has 1 unspecified atom stereocenters. The number of hydrogen-bond donors (Lipinski definition) is 1. The number of nitrogens with zero attached hydrogens (tertiary/aromatic N) is 1. The lowest BCUT2D eigenvalue weighted by Gasteiger charge is -2.24. The zero-order valence-corrected chi connectivity index (χ0v) is 12.0. The van der Waals surface area contributed by atoms with Crippen LogP contribution in [0, 0.1) is 0 Å². The van der Waals surface area contributed by atoms with Crippen LogP contribution in [0.2, 0.25) is 0 Å². The van der Waals surface area contributed by atoms with Crippen LogP contribution in [0.15, 0.2) is 30.9 Å². The predicted molar refractivity (Wildman–Crippen MR) is 79.3 cm³/mol. The van der Waals surface area contributed by atoms with Crippen LogP contribution in [0.25, 0.3) is 0 Å². The molecule has 3 rings (SSSR count). The molecule has 2 aliphatic heterocycles. The normalized spacial score (nSPS) is 20.5. The number of nitrogens with one attached hydrogen (secondary N) is 1. The van der Waals surface area contributed by atoms with Crippen LogP contribution in [0.1, 0.15) is 24.4 Å². The third-order valence-electron chi connectivity index (χ3n) is 3.94. The van der Waals surface area contributed by atoms with E-state index in [1.54, 1.807) is 6.08 Å². The summed E-state index contributed by atoms with van der Waals surface area (Å²) in [4.78, 5) is 14.1. The van der Waals surface area contributed by atoms with E-state index in [2.05, 4.69) is 22.9 Å². The van der Waals surface area contributed by atoms with Crippen LogP contribution in [0.5, 0.6) is 11.5 Å². The second-order valence-corrected chi connectivity index (χ2v) is 5.33. The van der Waals surface area contributed by atoms with E-state index >= 15 is 0 Å². The molecule has 1 N–H and O–H groups in total. The average Bonchev–Trinajstić information content (AvgIpc) is 3.12. The summed E-state index contributed by atoms with van der Waals surface area (Å²) in [6.45, 7) is 5.78. The minimum atomic E-state index is 0.0440.